The molecule has 1 nitrogen and oxygen atoms in total. The number of hydrogen-bond acceptors (Lipinski definition) is 1. The second-order valence-electron chi connectivity index (χ2n) is 7.64. The highest BCUT2D eigenvalue weighted by Gasteiger charge is 2.37. The smallest absolute Gasteiger partial charge is 0.192 e. The average molecular weight is 307 g/mol. The Balaban J connectivity index is 4.94. The molecule has 0 saturated heterocycles. The minimum absolute atomic E-state index is 0.222. The molecule has 0 aromatic rings. The number of allylic oxidation sites excluding steroid dienone is 1. The highest BCUT2D eigenvalue weighted by atomic mass is 28.4. The van der Waals surface area contributed by atoms with Gasteiger partial charge >= 0.3 is 0 Å². The molecule has 112 valence electrons. The first-order valence-electron chi connectivity index (χ1n) is 7.10. The molecule has 0 atom stereocenters. The largest absolute Gasteiger partial charge is 0.413 e. The quantitative estimate of drug-likeness (QED) is 0.302. The van der Waals surface area contributed by atoms with Gasteiger partial charge in [-0.05, 0) is 35.9 Å². The van der Waals surface area contributed by atoms with Crippen LogP contribution < -0.4 is 0 Å². The first-order chi connectivity index (χ1) is 8.89. The molecule has 0 unspecified atom stereocenters. The molecule has 0 aliphatic heterocycles. The molecule has 20 heavy (non-hydrogen) atoms. The summed E-state index contributed by atoms with van der Waals surface area (Å²) in [6.45, 7) is 22.2. The van der Waals surface area contributed by atoms with Gasteiger partial charge in [0.1, 0.15) is 8.07 Å². The molecule has 0 heterocycles. The van der Waals surface area contributed by atoms with Gasteiger partial charge in [0.25, 0.3) is 0 Å². The lowest BCUT2D eigenvalue weighted by molar-refractivity contribution is 0.322. The van der Waals surface area contributed by atoms with Crippen molar-refractivity contribution in [2.45, 2.75) is 58.5 Å². The molecule has 0 aromatic heterocycles. The van der Waals surface area contributed by atoms with E-state index in [0.717, 1.165) is 5.57 Å². The summed E-state index contributed by atoms with van der Waals surface area (Å²) in [6.07, 6.45) is 3.82. The van der Waals surface area contributed by atoms with Crippen molar-refractivity contribution in [2.75, 3.05) is 6.61 Å². The zero-order chi connectivity index (χ0) is 16.0. The van der Waals surface area contributed by atoms with E-state index >= 15 is 0 Å². The van der Waals surface area contributed by atoms with Gasteiger partial charge in [-0.3, -0.25) is 0 Å². The Bertz CT molecular complexity index is 456. The van der Waals surface area contributed by atoms with E-state index in [0.29, 0.717) is 6.61 Å². The van der Waals surface area contributed by atoms with E-state index in [2.05, 4.69) is 77.3 Å². The first kappa shape index (κ1) is 19.2. The minimum Gasteiger partial charge on any atom is -0.413 e. The Morgan fingerprint density at radius 3 is 2.10 bits per heavy atom. The van der Waals surface area contributed by atoms with E-state index in [9.17, 15) is 0 Å². The van der Waals surface area contributed by atoms with Crippen molar-refractivity contribution in [2.24, 2.45) is 0 Å². The van der Waals surface area contributed by atoms with Crippen molar-refractivity contribution < 1.29 is 4.43 Å². The lowest BCUT2D eigenvalue weighted by Gasteiger charge is -2.36. The van der Waals surface area contributed by atoms with Crippen LogP contribution in [0.4, 0.5) is 0 Å². The Morgan fingerprint density at radius 1 is 1.15 bits per heavy atom. The summed E-state index contributed by atoms with van der Waals surface area (Å²) in [5, 5.41) is 0.222. The van der Waals surface area contributed by atoms with Crippen LogP contribution in [0.1, 0.15) is 20.8 Å². The summed E-state index contributed by atoms with van der Waals surface area (Å²) in [5.41, 5.74) is 7.22. The Hall–Kier alpha value is -0.786. The molecule has 0 aliphatic carbocycles. The van der Waals surface area contributed by atoms with Gasteiger partial charge in [0.15, 0.2) is 8.32 Å². The maximum Gasteiger partial charge on any atom is 0.192 e. The topological polar surface area (TPSA) is 9.23 Å². The standard InChI is InChI=1S/C17H30OSi2/c1-10-12-16(13-11-14-19(5,6)7)15-18-20(8,9)17(2,3)4/h12-13H,1,15H2,2-9H3/b16-13+. The van der Waals surface area contributed by atoms with E-state index < -0.39 is 16.4 Å². The maximum absolute atomic E-state index is 6.21. The van der Waals surface area contributed by atoms with Gasteiger partial charge in [-0.2, -0.15) is 0 Å². The van der Waals surface area contributed by atoms with Crippen molar-refractivity contribution in [3.8, 4) is 11.5 Å². The summed E-state index contributed by atoms with van der Waals surface area (Å²) < 4.78 is 6.21. The molecule has 0 N–H and O–H groups in total. The lowest BCUT2D eigenvalue weighted by atomic mass is 10.2. The van der Waals surface area contributed by atoms with Crippen LogP contribution in [0.2, 0.25) is 37.8 Å². The van der Waals surface area contributed by atoms with Gasteiger partial charge < -0.3 is 4.43 Å². The van der Waals surface area contributed by atoms with Crippen LogP contribution in [0.3, 0.4) is 0 Å². The predicted molar refractivity (Wildman–Crippen MR) is 96.1 cm³/mol. The highest BCUT2D eigenvalue weighted by molar-refractivity contribution is 6.83. The molecule has 0 aliphatic rings. The van der Waals surface area contributed by atoms with Crippen LogP contribution in [0.15, 0.2) is 30.0 Å². The second kappa shape index (κ2) is 7.29. The summed E-state index contributed by atoms with van der Waals surface area (Å²) in [7, 11) is -3.05. The zero-order valence-electron chi connectivity index (χ0n) is 14.5. The van der Waals surface area contributed by atoms with E-state index in [-0.39, 0.29) is 5.04 Å². The monoisotopic (exact) mass is 306 g/mol. The molecule has 0 amide bonds. The zero-order valence-corrected chi connectivity index (χ0v) is 16.5. The molecule has 0 rings (SSSR count). The van der Waals surface area contributed by atoms with Gasteiger partial charge in [0.2, 0.25) is 0 Å². The number of hydrogen-bond donors (Lipinski definition) is 0. The van der Waals surface area contributed by atoms with Crippen LogP contribution in [0.5, 0.6) is 0 Å². The summed E-state index contributed by atoms with van der Waals surface area (Å²) >= 11 is 0. The molecule has 0 fully saturated rings. The Kier molecular flexibility index (Phi) is 7.00. The van der Waals surface area contributed by atoms with Gasteiger partial charge in [0, 0.05) is 0 Å². The van der Waals surface area contributed by atoms with Crippen molar-refractivity contribution in [3.05, 3.63) is 30.0 Å². The third-order valence-corrected chi connectivity index (χ3v) is 8.77. The van der Waals surface area contributed by atoms with E-state index in [1.807, 2.05) is 12.2 Å². The van der Waals surface area contributed by atoms with Crippen molar-refractivity contribution >= 4 is 16.4 Å². The molecule has 0 spiro atoms. The third-order valence-electron chi connectivity index (χ3n) is 3.40. The van der Waals surface area contributed by atoms with E-state index in [1.165, 1.54) is 0 Å². The summed E-state index contributed by atoms with van der Waals surface area (Å²) in [5.74, 6) is 3.17. The van der Waals surface area contributed by atoms with Crippen LogP contribution in [-0.2, 0) is 4.43 Å². The van der Waals surface area contributed by atoms with Crippen molar-refractivity contribution in [3.63, 3.8) is 0 Å². The second-order valence-corrected chi connectivity index (χ2v) is 17.2. The fraction of sp³-hybridized carbons (Fsp3) is 0.588. The Labute approximate surface area is 128 Å². The fourth-order valence-electron chi connectivity index (χ4n) is 1.08. The van der Waals surface area contributed by atoms with Gasteiger partial charge in [-0.25, -0.2) is 0 Å². The lowest BCUT2D eigenvalue weighted by Crippen LogP contribution is -2.41. The molecular weight excluding hydrogens is 276 g/mol. The third kappa shape index (κ3) is 7.72. The van der Waals surface area contributed by atoms with Crippen LogP contribution in [-0.4, -0.2) is 23.0 Å². The van der Waals surface area contributed by atoms with E-state index in [4.69, 9.17) is 4.43 Å². The van der Waals surface area contributed by atoms with Gasteiger partial charge in [-0.1, -0.05) is 52.9 Å². The van der Waals surface area contributed by atoms with Crippen molar-refractivity contribution in [1.29, 1.82) is 0 Å². The summed E-state index contributed by atoms with van der Waals surface area (Å²) in [4.78, 5) is 0. The fourth-order valence-corrected chi connectivity index (χ4v) is 2.55. The van der Waals surface area contributed by atoms with Gasteiger partial charge in [0.05, 0.1) is 6.61 Å². The van der Waals surface area contributed by atoms with Gasteiger partial charge in [-0.15, -0.1) is 11.3 Å². The van der Waals surface area contributed by atoms with Crippen LogP contribution in [0, 0.1) is 11.5 Å². The molecule has 0 saturated carbocycles. The Morgan fingerprint density at radius 2 is 1.70 bits per heavy atom. The number of rotatable bonds is 4. The highest BCUT2D eigenvalue weighted by Crippen LogP contribution is 2.36. The average Bonchev–Trinajstić information content (AvgIpc) is 2.22. The first-order valence-corrected chi connectivity index (χ1v) is 13.5. The molecule has 0 aromatic carbocycles. The van der Waals surface area contributed by atoms with Crippen molar-refractivity contribution in [1.82, 2.24) is 0 Å². The molecule has 3 heteroatoms. The predicted octanol–water partition coefficient (Wildman–Crippen LogP) is 5.16. The molecule has 0 bridgehead atoms. The van der Waals surface area contributed by atoms with Crippen LogP contribution >= 0.6 is 0 Å². The molecule has 0 radical (unpaired) electrons. The van der Waals surface area contributed by atoms with E-state index in [1.54, 1.807) is 0 Å². The SMILES string of the molecule is C=C=C/C(=C\C#C[Si](C)(C)C)CO[Si](C)(C)C(C)(C)C. The minimum atomic E-state index is -1.72. The summed E-state index contributed by atoms with van der Waals surface area (Å²) in [6, 6.07) is 0. The van der Waals surface area contributed by atoms with Crippen LogP contribution in [0.25, 0.3) is 0 Å². The molecular formula is C17H30OSi2. The maximum atomic E-state index is 6.21. The normalized spacial score (nSPS) is 13.3.